The molecule has 2 fully saturated rings. The highest BCUT2D eigenvalue weighted by atomic mass is 16.6. The predicted octanol–water partition coefficient (Wildman–Crippen LogP) is 4.48. The van der Waals surface area contributed by atoms with E-state index in [2.05, 4.69) is 27.7 Å². The van der Waals surface area contributed by atoms with Crippen molar-refractivity contribution in [1.29, 1.82) is 0 Å². The fourth-order valence-corrected chi connectivity index (χ4v) is 4.31. The topological polar surface area (TPSA) is 35.5 Å². The Labute approximate surface area is 129 Å². The number of fused-ring (bicyclic) bond motifs is 2. The van der Waals surface area contributed by atoms with E-state index < -0.39 is 0 Å². The van der Waals surface area contributed by atoms with Crippen LogP contribution >= 0.6 is 0 Å². The van der Waals surface area contributed by atoms with Crippen molar-refractivity contribution in [2.45, 2.75) is 96.9 Å². The molecule has 0 aromatic heterocycles. The molecule has 0 aromatic carbocycles. The second-order valence-corrected chi connectivity index (χ2v) is 6.80. The van der Waals surface area contributed by atoms with Crippen molar-refractivity contribution in [3.8, 4) is 0 Å². The minimum atomic E-state index is -0.307. The van der Waals surface area contributed by atoms with Gasteiger partial charge in [-0.25, -0.2) is 0 Å². The number of hydrogen-bond donors (Lipinski definition) is 0. The molecule has 2 rings (SSSR count). The van der Waals surface area contributed by atoms with Gasteiger partial charge >= 0.3 is 5.97 Å². The quantitative estimate of drug-likeness (QED) is 0.619. The van der Waals surface area contributed by atoms with Crippen molar-refractivity contribution in [2.24, 2.45) is 11.8 Å². The van der Waals surface area contributed by atoms with E-state index in [9.17, 15) is 4.79 Å². The van der Waals surface area contributed by atoms with Gasteiger partial charge in [-0.2, -0.15) is 0 Å². The molecule has 0 saturated carbocycles. The molecule has 2 bridgehead atoms. The molecule has 0 spiro atoms. The summed E-state index contributed by atoms with van der Waals surface area (Å²) in [7, 11) is 0. The van der Waals surface area contributed by atoms with E-state index in [4.69, 9.17) is 9.47 Å². The zero-order chi connectivity index (χ0) is 15.5. The Morgan fingerprint density at radius 3 is 2.38 bits per heavy atom. The zero-order valence-electron chi connectivity index (χ0n) is 14.2. The van der Waals surface area contributed by atoms with Gasteiger partial charge in [0.05, 0.1) is 18.1 Å². The number of esters is 1. The van der Waals surface area contributed by atoms with Crippen molar-refractivity contribution in [2.75, 3.05) is 0 Å². The van der Waals surface area contributed by atoms with Gasteiger partial charge in [0, 0.05) is 5.92 Å². The van der Waals surface area contributed by atoms with Crippen LogP contribution in [0.15, 0.2) is 0 Å². The number of carbonyl (C=O) groups is 1. The molecule has 0 aliphatic carbocycles. The predicted molar refractivity (Wildman–Crippen MR) is 84.1 cm³/mol. The second-order valence-electron chi connectivity index (χ2n) is 6.80. The zero-order valence-corrected chi connectivity index (χ0v) is 14.2. The third-order valence-corrected chi connectivity index (χ3v) is 5.75. The van der Waals surface area contributed by atoms with Gasteiger partial charge in [0.15, 0.2) is 0 Å². The second kappa shape index (κ2) is 7.13. The standard InChI is InChI=1S/C18H32O3/c1-5-9-13(6-2)17(19)21-18(7-3,8-4)15-12-14-10-11-16(15)20-14/h13-16H,5-12H2,1-4H3. The van der Waals surface area contributed by atoms with E-state index in [1.165, 1.54) is 6.42 Å². The van der Waals surface area contributed by atoms with E-state index in [0.717, 1.165) is 44.9 Å². The molecule has 2 aliphatic heterocycles. The van der Waals surface area contributed by atoms with Crippen molar-refractivity contribution in [1.82, 2.24) is 0 Å². The van der Waals surface area contributed by atoms with Crippen LogP contribution in [0.25, 0.3) is 0 Å². The van der Waals surface area contributed by atoms with E-state index in [1.54, 1.807) is 0 Å². The van der Waals surface area contributed by atoms with Crippen LogP contribution in [0.5, 0.6) is 0 Å². The Balaban J connectivity index is 2.09. The fourth-order valence-electron chi connectivity index (χ4n) is 4.31. The first-order chi connectivity index (χ1) is 10.1. The first-order valence-corrected chi connectivity index (χ1v) is 8.98. The van der Waals surface area contributed by atoms with E-state index in [0.29, 0.717) is 18.1 Å². The number of ether oxygens (including phenoxy) is 2. The third-order valence-electron chi connectivity index (χ3n) is 5.75. The lowest BCUT2D eigenvalue weighted by atomic mass is 9.73. The maximum Gasteiger partial charge on any atom is 0.309 e. The van der Waals surface area contributed by atoms with Gasteiger partial charge in [-0.3, -0.25) is 4.79 Å². The summed E-state index contributed by atoms with van der Waals surface area (Å²) in [4.78, 5) is 12.6. The molecule has 21 heavy (non-hydrogen) atoms. The molecular weight excluding hydrogens is 264 g/mol. The van der Waals surface area contributed by atoms with E-state index >= 15 is 0 Å². The molecule has 122 valence electrons. The Hall–Kier alpha value is -0.570. The summed E-state index contributed by atoms with van der Waals surface area (Å²) in [6.45, 7) is 8.53. The first-order valence-electron chi connectivity index (χ1n) is 8.98. The lowest BCUT2D eigenvalue weighted by Crippen LogP contribution is -2.47. The maximum absolute atomic E-state index is 12.6. The Kier molecular flexibility index (Phi) is 5.70. The molecule has 0 radical (unpaired) electrons. The highest BCUT2D eigenvalue weighted by Gasteiger charge is 2.52. The summed E-state index contributed by atoms with van der Waals surface area (Å²) < 4.78 is 12.2. The van der Waals surface area contributed by atoms with Crippen LogP contribution in [-0.2, 0) is 14.3 Å². The van der Waals surface area contributed by atoms with Gasteiger partial charge in [0.2, 0.25) is 0 Å². The molecule has 2 saturated heterocycles. The smallest absolute Gasteiger partial charge is 0.309 e. The minimum absolute atomic E-state index is 0.0193. The molecule has 4 unspecified atom stereocenters. The van der Waals surface area contributed by atoms with Gasteiger partial charge in [0.25, 0.3) is 0 Å². The molecule has 0 amide bonds. The fraction of sp³-hybridized carbons (Fsp3) is 0.944. The van der Waals surface area contributed by atoms with Gasteiger partial charge in [-0.15, -0.1) is 0 Å². The Morgan fingerprint density at radius 2 is 1.95 bits per heavy atom. The molecule has 3 nitrogen and oxygen atoms in total. The van der Waals surface area contributed by atoms with Crippen LogP contribution in [-0.4, -0.2) is 23.8 Å². The lowest BCUT2D eigenvalue weighted by molar-refractivity contribution is -0.176. The number of rotatable bonds is 8. The molecule has 0 N–H and O–H groups in total. The Bertz CT molecular complexity index is 348. The number of hydrogen-bond acceptors (Lipinski definition) is 3. The summed E-state index contributed by atoms with van der Waals surface area (Å²) in [6, 6.07) is 0. The van der Waals surface area contributed by atoms with Gasteiger partial charge in [0.1, 0.15) is 5.60 Å². The van der Waals surface area contributed by atoms with Crippen LogP contribution in [0.2, 0.25) is 0 Å². The monoisotopic (exact) mass is 296 g/mol. The molecular formula is C18H32O3. The Morgan fingerprint density at radius 1 is 1.24 bits per heavy atom. The van der Waals surface area contributed by atoms with Crippen molar-refractivity contribution in [3.63, 3.8) is 0 Å². The van der Waals surface area contributed by atoms with Gasteiger partial charge < -0.3 is 9.47 Å². The van der Waals surface area contributed by atoms with E-state index in [1.807, 2.05) is 0 Å². The van der Waals surface area contributed by atoms with Crippen LogP contribution in [0.3, 0.4) is 0 Å². The average molecular weight is 296 g/mol. The molecule has 0 aromatic rings. The minimum Gasteiger partial charge on any atom is -0.458 e. The molecule has 2 heterocycles. The first kappa shape index (κ1) is 16.8. The van der Waals surface area contributed by atoms with Crippen LogP contribution in [0.1, 0.15) is 79.1 Å². The van der Waals surface area contributed by atoms with Crippen LogP contribution in [0.4, 0.5) is 0 Å². The normalized spacial score (nSPS) is 29.6. The SMILES string of the molecule is CCCC(CC)C(=O)OC(CC)(CC)C1CC2CCC1O2. The van der Waals surface area contributed by atoms with Gasteiger partial charge in [-0.1, -0.05) is 34.1 Å². The maximum atomic E-state index is 12.6. The van der Waals surface area contributed by atoms with E-state index in [-0.39, 0.29) is 17.5 Å². The highest BCUT2D eigenvalue weighted by Crippen LogP contribution is 2.48. The van der Waals surface area contributed by atoms with Crippen LogP contribution in [0, 0.1) is 11.8 Å². The largest absolute Gasteiger partial charge is 0.458 e. The highest BCUT2D eigenvalue weighted by molar-refractivity contribution is 5.72. The summed E-state index contributed by atoms with van der Waals surface area (Å²) in [5.41, 5.74) is -0.307. The average Bonchev–Trinajstić information content (AvgIpc) is 3.13. The number of carbonyl (C=O) groups excluding carboxylic acids is 1. The molecule has 4 atom stereocenters. The van der Waals surface area contributed by atoms with Crippen molar-refractivity contribution >= 4 is 5.97 Å². The summed E-state index contributed by atoms with van der Waals surface area (Å²) in [5.74, 6) is 0.479. The molecule has 2 aliphatic rings. The van der Waals surface area contributed by atoms with Crippen molar-refractivity contribution in [3.05, 3.63) is 0 Å². The summed E-state index contributed by atoms with van der Waals surface area (Å²) in [5, 5.41) is 0. The van der Waals surface area contributed by atoms with Gasteiger partial charge in [-0.05, 0) is 44.9 Å². The van der Waals surface area contributed by atoms with Crippen molar-refractivity contribution < 1.29 is 14.3 Å². The lowest BCUT2D eigenvalue weighted by Gasteiger charge is -2.40. The van der Waals surface area contributed by atoms with Crippen LogP contribution < -0.4 is 0 Å². The summed E-state index contributed by atoms with van der Waals surface area (Å²) in [6.07, 6.45) is 8.77. The summed E-state index contributed by atoms with van der Waals surface area (Å²) >= 11 is 0. The molecule has 3 heteroatoms. The third kappa shape index (κ3) is 3.28.